The second-order valence-electron chi connectivity index (χ2n) is 4.11. The van der Waals surface area contributed by atoms with E-state index >= 15 is 0 Å². The highest BCUT2D eigenvalue weighted by atomic mass is 16.6. The lowest BCUT2D eigenvalue weighted by molar-refractivity contribution is -0.0618. The van der Waals surface area contributed by atoms with Gasteiger partial charge >= 0.3 is 5.69 Å². The maximum Gasteiger partial charge on any atom is 0.330 e. The molecule has 1 aliphatic heterocycles. The van der Waals surface area contributed by atoms with Gasteiger partial charge in [-0.1, -0.05) is 0 Å². The van der Waals surface area contributed by atoms with E-state index in [1.54, 1.807) is 14.2 Å². The van der Waals surface area contributed by atoms with E-state index in [4.69, 9.17) is 14.2 Å². The van der Waals surface area contributed by atoms with Gasteiger partial charge in [-0.2, -0.15) is 0 Å². The molecule has 0 aromatic carbocycles. The Hall–Kier alpha value is -1.44. The normalized spacial score (nSPS) is 27.6. The molecule has 1 N–H and O–H groups in total. The molecule has 18 heavy (non-hydrogen) atoms. The van der Waals surface area contributed by atoms with Crippen LogP contribution in [-0.4, -0.2) is 42.6 Å². The van der Waals surface area contributed by atoms with Crippen molar-refractivity contribution in [2.24, 2.45) is 0 Å². The zero-order chi connectivity index (χ0) is 13.1. The molecule has 0 bridgehead atoms. The maximum atomic E-state index is 11.6. The summed E-state index contributed by atoms with van der Waals surface area (Å²) in [5.41, 5.74) is -0.911. The highest BCUT2D eigenvalue weighted by Crippen LogP contribution is 2.29. The third-order valence-electron chi connectivity index (χ3n) is 2.98. The zero-order valence-corrected chi connectivity index (χ0v) is 10.3. The van der Waals surface area contributed by atoms with Gasteiger partial charge < -0.3 is 14.2 Å². The van der Waals surface area contributed by atoms with Gasteiger partial charge in [0.05, 0.1) is 12.7 Å². The fourth-order valence-electron chi connectivity index (χ4n) is 2.09. The minimum Gasteiger partial charge on any atom is -0.382 e. The van der Waals surface area contributed by atoms with Gasteiger partial charge in [-0.05, 0) is 0 Å². The molecule has 7 heteroatoms. The number of nitrogens with zero attached hydrogens (tertiary/aromatic N) is 1. The fraction of sp³-hybridized carbons (Fsp3) is 0.636. The van der Waals surface area contributed by atoms with Crippen LogP contribution in [0.5, 0.6) is 0 Å². The van der Waals surface area contributed by atoms with Crippen LogP contribution < -0.4 is 11.2 Å². The van der Waals surface area contributed by atoms with Gasteiger partial charge in [0.15, 0.2) is 0 Å². The van der Waals surface area contributed by atoms with Crippen molar-refractivity contribution in [1.29, 1.82) is 0 Å². The van der Waals surface area contributed by atoms with Crippen molar-refractivity contribution in [3.05, 3.63) is 33.1 Å². The van der Waals surface area contributed by atoms with E-state index in [9.17, 15) is 9.59 Å². The number of nitrogens with one attached hydrogen (secondary N) is 1. The van der Waals surface area contributed by atoms with Crippen LogP contribution in [0, 0.1) is 0 Å². The predicted octanol–water partition coefficient (Wildman–Crippen LogP) is -0.514. The summed E-state index contributed by atoms with van der Waals surface area (Å²) < 4.78 is 17.4. The molecule has 100 valence electrons. The van der Waals surface area contributed by atoms with Crippen LogP contribution >= 0.6 is 0 Å². The van der Waals surface area contributed by atoms with Crippen molar-refractivity contribution < 1.29 is 14.2 Å². The highest BCUT2D eigenvalue weighted by molar-refractivity contribution is 4.88. The average Bonchev–Trinajstić information content (AvgIpc) is 2.72. The largest absolute Gasteiger partial charge is 0.382 e. The molecule has 1 aliphatic rings. The molecule has 3 atom stereocenters. The van der Waals surface area contributed by atoms with Crippen LogP contribution in [0.2, 0.25) is 0 Å². The Morgan fingerprint density at radius 3 is 2.89 bits per heavy atom. The molecule has 0 saturated carbocycles. The van der Waals surface area contributed by atoms with Crippen LogP contribution in [0.25, 0.3) is 0 Å². The number of aromatic nitrogens is 2. The number of methoxy groups -OCH3 is 2. The minimum absolute atomic E-state index is 0.131. The first-order chi connectivity index (χ1) is 8.65. The average molecular weight is 256 g/mol. The van der Waals surface area contributed by atoms with Crippen LogP contribution in [-0.2, 0) is 14.2 Å². The monoisotopic (exact) mass is 256 g/mol. The lowest BCUT2D eigenvalue weighted by Crippen LogP contribution is -2.31. The van der Waals surface area contributed by atoms with Crippen molar-refractivity contribution in [3.8, 4) is 0 Å². The summed E-state index contributed by atoms with van der Waals surface area (Å²) >= 11 is 0. The molecule has 2 heterocycles. The molecular formula is C11H16N2O5. The van der Waals surface area contributed by atoms with Crippen LogP contribution in [0.3, 0.4) is 0 Å². The van der Waals surface area contributed by atoms with Gasteiger partial charge in [-0.3, -0.25) is 14.3 Å². The quantitative estimate of drug-likeness (QED) is 0.784. The Balaban J connectivity index is 2.20. The SMILES string of the molecule is COCC1O[C@@H](n2ccc(=O)[nH]c2=O)C[C@H]1OC. The molecule has 1 unspecified atom stereocenters. The molecule has 1 aromatic heterocycles. The van der Waals surface area contributed by atoms with Crippen molar-refractivity contribution >= 4 is 0 Å². The Kier molecular flexibility index (Phi) is 3.95. The summed E-state index contributed by atoms with van der Waals surface area (Å²) in [7, 11) is 3.17. The van der Waals surface area contributed by atoms with Crippen LogP contribution in [0.1, 0.15) is 12.6 Å². The number of hydrogen-bond donors (Lipinski definition) is 1. The minimum atomic E-state index is -0.486. The van der Waals surface area contributed by atoms with E-state index in [1.165, 1.54) is 16.8 Å². The predicted molar refractivity (Wildman–Crippen MR) is 62.5 cm³/mol. The third-order valence-corrected chi connectivity index (χ3v) is 2.98. The lowest BCUT2D eigenvalue weighted by Gasteiger charge is -2.16. The Bertz CT molecular complexity index is 509. The summed E-state index contributed by atoms with van der Waals surface area (Å²) in [4.78, 5) is 24.8. The van der Waals surface area contributed by atoms with E-state index in [1.807, 2.05) is 0 Å². The van der Waals surface area contributed by atoms with Crippen LogP contribution in [0.15, 0.2) is 21.9 Å². The number of ether oxygens (including phenoxy) is 3. The smallest absolute Gasteiger partial charge is 0.330 e. The van der Waals surface area contributed by atoms with Crippen molar-refractivity contribution in [3.63, 3.8) is 0 Å². The van der Waals surface area contributed by atoms with Crippen molar-refractivity contribution in [2.45, 2.75) is 24.9 Å². The fourth-order valence-corrected chi connectivity index (χ4v) is 2.09. The van der Waals surface area contributed by atoms with Gasteiger partial charge in [0, 0.05) is 32.9 Å². The summed E-state index contributed by atoms with van der Waals surface area (Å²) in [5.74, 6) is 0. The van der Waals surface area contributed by atoms with Gasteiger partial charge in [0.25, 0.3) is 5.56 Å². The van der Waals surface area contributed by atoms with E-state index in [0.29, 0.717) is 13.0 Å². The van der Waals surface area contributed by atoms with Crippen molar-refractivity contribution in [2.75, 3.05) is 20.8 Å². The summed E-state index contributed by atoms with van der Waals surface area (Å²) in [5, 5.41) is 0. The third kappa shape index (κ3) is 2.53. The van der Waals surface area contributed by atoms with Crippen LogP contribution in [0.4, 0.5) is 0 Å². The summed E-state index contributed by atoms with van der Waals surface area (Å²) in [6, 6.07) is 1.29. The first-order valence-electron chi connectivity index (χ1n) is 5.64. The maximum absolute atomic E-state index is 11.6. The summed E-state index contributed by atoms with van der Waals surface area (Å²) in [6.45, 7) is 0.396. The van der Waals surface area contributed by atoms with E-state index in [2.05, 4.69) is 4.98 Å². The van der Waals surface area contributed by atoms with Gasteiger partial charge in [-0.15, -0.1) is 0 Å². The van der Waals surface area contributed by atoms with Gasteiger partial charge in [-0.25, -0.2) is 4.79 Å². The van der Waals surface area contributed by atoms with Gasteiger partial charge in [0.2, 0.25) is 0 Å². The topological polar surface area (TPSA) is 82.5 Å². The first-order valence-corrected chi connectivity index (χ1v) is 5.64. The number of aromatic amines is 1. The van der Waals surface area contributed by atoms with Crippen molar-refractivity contribution in [1.82, 2.24) is 9.55 Å². The van der Waals surface area contributed by atoms with E-state index < -0.39 is 17.5 Å². The Morgan fingerprint density at radius 1 is 1.50 bits per heavy atom. The second-order valence-corrected chi connectivity index (χ2v) is 4.11. The van der Waals surface area contributed by atoms with E-state index in [-0.39, 0.29) is 12.2 Å². The molecule has 0 spiro atoms. The molecule has 0 amide bonds. The Labute approximate surface area is 103 Å². The number of rotatable bonds is 4. The molecule has 1 fully saturated rings. The standard InChI is InChI=1S/C11H16N2O5/c1-16-6-8-7(17-2)5-10(18-8)13-4-3-9(14)12-11(13)15/h3-4,7-8,10H,5-6H2,1-2H3,(H,12,14,15)/t7-,8?,10-/m1/s1. The second kappa shape index (κ2) is 5.47. The lowest BCUT2D eigenvalue weighted by atomic mass is 10.2. The first kappa shape index (κ1) is 13.0. The number of H-pyrrole nitrogens is 1. The highest BCUT2D eigenvalue weighted by Gasteiger charge is 2.36. The molecule has 0 aliphatic carbocycles. The molecule has 0 radical (unpaired) electrons. The molecular weight excluding hydrogens is 240 g/mol. The molecule has 2 rings (SSSR count). The van der Waals surface area contributed by atoms with Gasteiger partial charge in [0.1, 0.15) is 12.3 Å². The molecule has 1 aromatic rings. The number of hydrogen-bond acceptors (Lipinski definition) is 5. The zero-order valence-electron chi connectivity index (χ0n) is 10.3. The summed E-state index contributed by atoms with van der Waals surface area (Å²) in [6.07, 6.45) is 1.17. The van der Waals surface area contributed by atoms with E-state index in [0.717, 1.165) is 0 Å². The Morgan fingerprint density at radius 2 is 2.28 bits per heavy atom. The molecule has 7 nitrogen and oxygen atoms in total. The molecule has 1 saturated heterocycles.